The molecular weight excluding hydrogens is 236 g/mol. The van der Waals surface area contributed by atoms with E-state index in [4.69, 9.17) is 0 Å². The van der Waals surface area contributed by atoms with E-state index < -0.39 is 0 Å². The van der Waals surface area contributed by atoms with Crippen molar-refractivity contribution in [1.29, 1.82) is 0 Å². The number of hydrogen-bond acceptors (Lipinski definition) is 3. The highest BCUT2D eigenvalue weighted by Gasteiger charge is 2.32. The number of aromatic nitrogens is 3. The maximum absolute atomic E-state index is 4.33. The number of aryl methyl sites for hydroxylation is 1. The first-order chi connectivity index (χ1) is 9.25. The summed E-state index contributed by atoms with van der Waals surface area (Å²) >= 11 is 0. The Morgan fingerprint density at radius 1 is 1.21 bits per heavy atom. The number of nitrogens with zero attached hydrogens (tertiary/aromatic N) is 4. The first kappa shape index (κ1) is 13.1. The van der Waals surface area contributed by atoms with Gasteiger partial charge in [0.05, 0.1) is 6.04 Å². The zero-order valence-electron chi connectivity index (χ0n) is 12.3. The van der Waals surface area contributed by atoms with E-state index in [-0.39, 0.29) is 0 Å². The van der Waals surface area contributed by atoms with Gasteiger partial charge in [0, 0.05) is 13.6 Å². The van der Waals surface area contributed by atoms with E-state index in [9.17, 15) is 0 Å². The molecule has 1 aromatic rings. The maximum Gasteiger partial charge on any atom is 0.149 e. The lowest BCUT2D eigenvalue weighted by atomic mass is 9.80. The third-order valence-corrected chi connectivity index (χ3v) is 5.17. The smallest absolute Gasteiger partial charge is 0.149 e. The van der Waals surface area contributed by atoms with Crippen molar-refractivity contribution in [3.05, 3.63) is 12.2 Å². The maximum atomic E-state index is 4.33. The van der Waals surface area contributed by atoms with E-state index >= 15 is 0 Å². The molecule has 0 unspecified atom stereocenters. The summed E-state index contributed by atoms with van der Waals surface area (Å²) in [7, 11) is 2.06. The first-order valence-electron chi connectivity index (χ1n) is 7.83. The molecule has 3 rings (SSSR count). The lowest BCUT2D eigenvalue weighted by Gasteiger charge is -2.34. The van der Waals surface area contributed by atoms with Crippen LogP contribution >= 0.6 is 0 Å². The highest BCUT2D eigenvalue weighted by atomic mass is 15.3. The molecule has 2 heterocycles. The predicted molar refractivity (Wildman–Crippen MR) is 75.7 cm³/mol. The predicted octanol–water partition coefficient (Wildman–Crippen LogP) is 2.78. The Hall–Kier alpha value is -0.900. The van der Waals surface area contributed by atoms with Gasteiger partial charge in [0.15, 0.2) is 0 Å². The Labute approximate surface area is 116 Å². The summed E-state index contributed by atoms with van der Waals surface area (Å²) in [6.45, 7) is 4.94. The van der Waals surface area contributed by atoms with Gasteiger partial charge in [0.25, 0.3) is 0 Å². The lowest BCUT2D eigenvalue weighted by molar-refractivity contribution is 0.146. The van der Waals surface area contributed by atoms with Gasteiger partial charge in [-0.2, -0.15) is 0 Å². The van der Waals surface area contributed by atoms with Crippen molar-refractivity contribution in [3.8, 4) is 0 Å². The van der Waals surface area contributed by atoms with Crippen molar-refractivity contribution in [1.82, 2.24) is 19.7 Å². The van der Waals surface area contributed by atoms with Crippen LogP contribution in [0.3, 0.4) is 0 Å². The third-order valence-electron chi connectivity index (χ3n) is 5.17. The fourth-order valence-electron chi connectivity index (χ4n) is 3.90. The fraction of sp³-hybridized carbons (Fsp3) is 0.867. The summed E-state index contributed by atoms with van der Waals surface area (Å²) in [5.41, 5.74) is 0. The standard InChI is InChI=1S/C15H26N4/c1-12-6-3-4-7-13(12)10-19-9-5-8-14(19)15-17-16-11-18(15)2/h11-14H,3-10H2,1-2H3/t12-,13-,14-/m1/s1. The van der Waals surface area contributed by atoms with Gasteiger partial charge in [0.1, 0.15) is 12.2 Å². The zero-order valence-corrected chi connectivity index (χ0v) is 12.3. The molecule has 4 nitrogen and oxygen atoms in total. The van der Waals surface area contributed by atoms with Crippen LogP contribution in [0.25, 0.3) is 0 Å². The number of likely N-dealkylation sites (tertiary alicyclic amines) is 1. The molecule has 0 bridgehead atoms. The quantitative estimate of drug-likeness (QED) is 0.840. The van der Waals surface area contributed by atoms with Crippen LogP contribution in [0.15, 0.2) is 6.33 Å². The van der Waals surface area contributed by atoms with Crippen LogP contribution in [-0.2, 0) is 7.05 Å². The van der Waals surface area contributed by atoms with Crippen LogP contribution < -0.4 is 0 Å². The summed E-state index contributed by atoms with van der Waals surface area (Å²) in [6, 6.07) is 0.502. The molecule has 4 heteroatoms. The minimum atomic E-state index is 0.502. The van der Waals surface area contributed by atoms with Crippen LogP contribution in [-0.4, -0.2) is 32.8 Å². The van der Waals surface area contributed by atoms with E-state index in [1.54, 1.807) is 0 Å². The van der Waals surface area contributed by atoms with E-state index in [0.717, 1.165) is 17.7 Å². The molecule has 2 aliphatic rings. The van der Waals surface area contributed by atoms with Crippen molar-refractivity contribution in [2.24, 2.45) is 18.9 Å². The van der Waals surface area contributed by atoms with Gasteiger partial charge in [-0.1, -0.05) is 26.2 Å². The highest BCUT2D eigenvalue weighted by molar-refractivity contribution is 4.99. The van der Waals surface area contributed by atoms with Crippen molar-refractivity contribution in [3.63, 3.8) is 0 Å². The van der Waals surface area contributed by atoms with Crippen LogP contribution in [0.2, 0.25) is 0 Å². The molecule has 106 valence electrons. The summed E-state index contributed by atoms with van der Waals surface area (Å²) in [5, 5.41) is 8.38. The van der Waals surface area contributed by atoms with Crippen LogP contribution in [0.4, 0.5) is 0 Å². The molecule has 2 fully saturated rings. The van der Waals surface area contributed by atoms with Crippen molar-refractivity contribution >= 4 is 0 Å². The Kier molecular flexibility index (Phi) is 3.87. The molecule has 0 radical (unpaired) electrons. The molecule has 0 aromatic carbocycles. The highest BCUT2D eigenvalue weighted by Crippen LogP contribution is 2.35. The molecule has 3 atom stereocenters. The van der Waals surface area contributed by atoms with E-state index in [2.05, 4.69) is 33.6 Å². The average Bonchev–Trinajstić information content (AvgIpc) is 3.01. The largest absolute Gasteiger partial charge is 0.319 e. The second-order valence-electron chi connectivity index (χ2n) is 6.47. The molecule has 1 aliphatic carbocycles. The monoisotopic (exact) mass is 262 g/mol. The molecule has 0 N–H and O–H groups in total. The Bertz CT molecular complexity index is 414. The van der Waals surface area contributed by atoms with Gasteiger partial charge in [-0.05, 0) is 37.6 Å². The topological polar surface area (TPSA) is 34.0 Å². The fourth-order valence-corrected chi connectivity index (χ4v) is 3.90. The summed E-state index contributed by atoms with van der Waals surface area (Å²) < 4.78 is 2.09. The summed E-state index contributed by atoms with van der Waals surface area (Å²) in [5.74, 6) is 2.94. The van der Waals surface area contributed by atoms with Gasteiger partial charge in [0.2, 0.25) is 0 Å². The molecule has 19 heavy (non-hydrogen) atoms. The van der Waals surface area contributed by atoms with Crippen LogP contribution in [0, 0.1) is 11.8 Å². The van der Waals surface area contributed by atoms with Gasteiger partial charge >= 0.3 is 0 Å². The molecule has 0 spiro atoms. The minimum absolute atomic E-state index is 0.502. The van der Waals surface area contributed by atoms with Gasteiger partial charge < -0.3 is 4.57 Å². The van der Waals surface area contributed by atoms with Crippen LogP contribution in [0.5, 0.6) is 0 Å². The zero-order chi connectivity index (χ0) is 13.2. The second kappa shape index (κ2) is 5.61. The van der Waals surface area contributed by atoms with Gasteiger partial charge in [-0.15, -0.1) is 10.2 Å². The van der Waals surface area contributed by atoms with Gasteiger partial charge in [-0.25, -0.2) is 0 Å². The van der Waals surface area contributed by atoms with Crippen molar-refractivity contribution in [2.75, 3.05) is 13.1 Å². The Morgan fingerprint density at radius 3 is 2.79 bits per heavy atom. The lowest BCUT2D eigenvalue weighted by Crippen LogP contribution is -2.34. The van der Waals surface area contributed by atoms with E-state index in [1.165, 1.54) is 51.6 Å². The number of hydrogen-bond donors (Lipinski definition) is 0. The Balaban J connectivity index is 1.68. The SMILES string of the molecule is C[C@@H]1CCCC[C@@H]1CN1CCC[C@@H]1c1nncn1C. The third kappa shape index (κ3) is 2.69. The Morgan fingerprint density at radius 2 is 2.05 bits per heavy atom. The molecule has 1 saturated carbocycles. The minimum Gasteiger partial charge on any atom is -0.319 e. The van der Waals surface area contributed by atoms with Crippen molar-refractivity contribution < 1.29 is 0 Å². The average molecular weight is 262 g/mol. The molecular formula is C15H26N4. The molecule has 1 aromatic heterocycles. The summed E-state index contributed by atoms with van der Waals surface area (Å²) in [4.78, 5) is 2.66. The first-order valence-corrected chi connectivity index (χ1v) is 7.83. The van der Waals surface area contributed by atoms with Crippen LogP contribution in [0.1, 0.15) is 57.3 Å². The number of rotatable bonds is 3. The molecule has 0 amide bonds. The normalized spacial score (nSPS) is 32.8. The van der Waals surface area contributed by atoms with Crippen molar-refractivity contribution in [2.45, 2.75) is 51.5 Å². The van der Waals surface area contributed by atoms with E-state index in [0.29, 0.717) is 6.04 Å². The molecule has 1 aliphatic heterocycles. The van der Waals surface area contributed by atoms with Gasteiger partial charge in [-0.3, -0.25) is 4.90 Å². The van der Waals surface area contributed by atoms with E-state index in [1.807, 2.05) is 6.33 Å². The molecule has 1 saturated heterocycles. The second-order valence-corrected chi connectivity index (χ2v) is 6.47. The summed E-state index contributed by atoms with van der Waals surface area (Å²) in [6.07, 6.45) is 10.1.